The lowest BCUT2D eigenvalue weighted by Crippen LogP contribution is -2.31. The number of carbonyl (C=O) groups is 1. The van der Waals surface area contributed by atoms with Gasteiger partial charge in [0.05, 0.1) is 6.42 Å². The summed E-state index contributed by atoms with van der Waals surface area (Å²) in [6, 6.07) is 14.9. The van der Waals surface area contributed by atoms with Crippen molar-refractivity contribution in [3.63, 3.8) is 0 Å². The van der Waals surface area contributed by atoms with E-state index in [4.69, 9.17) is 5.84 Å². The highest BCUT2D eigenvalue weighted by Gasteiger charge is 2.08. The number of phenolic OH excluding ortho intramolecular Hbond substituents is 1. The van der Waals surface area contributed by atoms with Crippen molar-refractivity contribution in [1.82, 2.24) is 5.43 Å². The summed E-state index contributed by atoms with van der Waals surface area (Å²) < 4.78 is 0. The average molecular weight is 288 g/mol. The molecule has 2 aromatic rings. The molecule has 4 N–H and O–H groups in total. The number of hydrazine groups is 1. The van der Waals surface area contributed by atoms with E-state index in [9.17, 15) is 9.90 Å². The summed E-state index contributed by atoms with van der Waals surface area (Å²) in [5.74, 6) is 5.86. The summed E-state index contributed by atoms with van der Waals surface area (Å²) >= 11 is 1.54. The minimum atomic E-state index is -0.218. The van der Waals surface area contributed by atoms with Crippen molar-refractivity contribution in [1.29, 1.82) is 0 Å². The molecule has 0 radical (unpaired) electrons. The minimum absolute atomic E-state index is 0.218. The van der Waals surface area contributed by atoms with Crippen molar-refractivity contribution in [2.24, 2.45) is 5.84 Å². The second kappa shape index (κ2) is 6.98. The zero-order valence-corrected chi connectivity index (χ0v) is 11.7. The number of nitrogens with two attached hydrogens (primary N) is 1. The number of para-hydroxylation sites is 1. The van der Waals surface area contributed by atoms with Gasteiger partial charge in [0.2, 0.25) is 5.91 Å². The van der Waals surface area contributed by atoms with Gasteiger partial charge in [-0.1, -0.05) is 36.4 Å². The van der Waals surface area contributed by atoms with Gasteiger partial charge >= 0.3 is 0 Å². The third-order valence-electron chi connectivity index (χ3n) is 2.88. The van der Waals surface area contributed by atoms with E-state index < -0.39 is 0 Å². The first-order valence-corrected chi connectivity index (χ1v) is 7.16. The van der Waals surface area contributed by atoms with Crippen LogP contribution in [0.2, 0.25) is 0 Å². The first kappa shape index (κ1) is 14.4. The van der Waals surface area contributed by atoms with Crippen molar-refractivity contribution in [3.05, 3.63) is 59.7 Å². The molecule has 2 rings (SSSR count). The third-order valence-corrected chi connectivity index (χ3v) is 3.99. The molecular weight excluding hydrogens is 272 g/mol. The maximum atomic E-state index is 11.4. The highest BCUT2D eigenvalue weighted by Crippen LogP contribution is 2.31. The summed E-state index contributed by atoms with van der Waals surface area (Å²) in [5.41, 5.74) is 4.14. The molecule has 4 nitrogen and oxygen atoms in total. The summed E-state index contributed by atoms with van der Waals surface area (Å²) in [4.78, 5) is 12.2. The predicted molar refractivity (Wildman–Crippen MR) is 80.1 cm³/mol. The number of amides is 1. The Balaban J connectivity index is 2.10. The molecule has 104 valence electrons. The van der Waals surface area contributed by atoms with Crippen LogP contribution < -0.4 is 11.3 Å². The van der Waals surface area contributed by atoms with Crippen LogP contribution in [-0.4, -0.2) is 11.0 Å². The Morgan fingerprint density at radius 3 is 2.45 bits per heavy atom. The number of aromatic hydroxyl groups is 1. The highest BCUT2D eigenvalue weighted by molar-refractivity contribution is 7.98. The summed E-state index contributed by atoms with van der Waals surface area (Å²) in [7, 11) is 0. The van der Waals surface area contributed by atoms with E-state index in [1.807, 2.05) is 36.4 Å². The molecule has 0 aromatic heterocycles. The Labute approximate surface area is 122 Å². The summed E-state index contributed by atoms with van der Waals surface area (Å²) in [6.45, 7) is 0. The zero-order valence-electron chi connectivity index (χ0n) is 10.9. The standard InChI is InChI=1S/C15H16N2O2S/c16-17-15(19)9-11-5-1-2-6-12(11)10-20-14-8-4-3-7-13(14)18/h1-8,18H,9-10,16H2,(H,17,19). The van der Waals surface area contributed by atoms with Crippen LogP contribution in [0.5, 0.6) is 5.75 Å². The quantitative estimate of drug-likeness (QED) is 0.341. The second-order valence-corrected chi connectivity index (χ2v) is 5.29. The van der Waals surface area contributed by atoms with Crippen LogP contribution in [0, 0.1) is 0 Å². The third kappa shape index (κ3) is 3.76. The number of phenols is 1. The van der Waals surface area contributed by atoms with Crippen LogP contribution in [0.25, 0.3) is 0 Å². The Bertz CT molecular complexity index is 602. The molecule has 5 heteroatoms. The van der Waals surface area contributed by atoms with Crippen molar-refractivity contribution in [2.45, 2.75) is 17.1 Å². The number of benzene rings is 2. The molecular formula is C15H16N2O2S. The number of thioether (sulfide) groups is 1. The molecule has 0 heterocycles. The van der Waals surface area contributed by atoms with Gasteiger partial charge in [-0.15, -0.1) is 11.8 Å². The second-order valence-electron chi connectivity index (χ2n) is 4.27. The average Bonchev–Trinajstić information content (AvgIpc) is 2.47. The van der Waals surface area contributed by atoms with E-state index in [-0.39, 0.29) is 18.1 Å². The Morgan fingerprint density at radius 1 is 1.10 bits per heavy atom. The van der Waals surface area contributed by atoms with Crippen molar-refractivity contribution in [3.8, 4) is 5.75 Å². The Morgan fingerprint density at radius 2 is 1.75 bits per heavy atom. The minimum Gasteiger partial charge on any atom is -0.507 e. The van der Waals surface area contributed by atoms with Gasteiger partial charge in [-0.2, -0.15) is 0 Å². The van der Waals surface area contributed by atoms with Gasteiger partial charge in [0.15, 0.2) is 0 Å². The van der Waals surface area contributed by atoms with E-state index in [1.54, 1.807) is 12.1 Å². The molecule has 0 bridgehead atoms. The van der Waals surface area contributed by atoms with Crippen molar-refractivity contribution >= 4 is 17.7 Å². The Hall–Kier alpha value is -1.98. The number of nitrogens with one attached hydrogen (secondary N) is 1. The first-order chi connectivity index (χ1) is 9.70. The monoisotopic (exact) mass is 288 g/mol. The van der Waals surface area contributed by atoms with Gasteiger partial charge in [-0.25, -0.2) is 5.84 Å². The fourth-order valence-corrected chi connectivity index (χ4v) is 2.81. The molecule has 0 saturated heterocycles. The van der Waals surface area contributed by atoms with E-state index in [1.165, 1.54) is 11.8 Å². The fraction of sp³-hybridized carbons (Fsp3) is 0.133. The molecule has 0 saturated carbocycles. The van der Waals surface area contributed by atoms with Gasteiger partial charge < -0.3 is 5.11 Å². The SMILES string of the molecule is NNC(=O)Cc1ccccc1CSc1ccccc1O. The van der Waals surface area contributed by atoms with Crippen molar-refractivity contribution < 1.29 is 9.90 Å². The largest absolute Gasteiger partial charge is 0.507 e. The van der Waals surface area contributed by atoms with Gasteiger partial charge in [0, 0.05) is 10.6 Å². The zero-order chi connectivity index (χ0) is 14.4. The molecule has 0 aliphatic heterocycles. The van der Waals surface area contributed by atoms with Gasteiger partial charge in [0.25, 0.3) is 0 Å². The van der Waals surface area contributed by atoms with Crippen LogP contribution in [0.1, 0.15) is 11.1 Å². The molecule has 0 spiro atoms. The molecule has 2 aromatic carbocycles. The first-order valence-electron chi connectivity index (χ1n) is 6.17. The number of carbonyl (C=O) groups excluding carboxylic acids is 1. The molecule has 20 heavy (non-hydrogen) atoms. The lowest BCUT2D eigenvalue weighted by Gasteiger charge is -2.09. The lowest BCUT2D eigenvalue weighted by atomic mass is 10.1. The van der Waals surface area contributed by atoms with Crippen LogP contribution >= 0.6 is 11.8 Å². The van der Waals surface area contributed by atoms with Gasteiger partial charge in [-0.05, 0) is 23.3 Å². The molecule has 0 aliphatic rings. The summed E-state index contributed by atoms with van der Waals surface area (Å²) in [6.07, 6.45) is 0.258. The van der Waals surface area contributed by atoms with E-state index >= 15 is 0 Å². The molecule has 0 aliphatic carbocycles. The summed E-state index contributed by atoms with van der Waals surface area (Å²) in [5, 5.41) is 9.74. The molecule has 0 unspecified atom stereocenters. The van der Waals surface area contributed by atoms with Gasteiger partial charge in [-0.3, -0.25) is 10.2 Å². The topological polar surface area (TPSA) is 75.3 Å². The Kier molecular flexibility index (Phi) is 5.03. The van der Waals surface area contributed by atoms with Gasteiger partial charge in [0.1, 0.15) is 5.75 Å². The molecule has 0 fully saturated rings. The van der Waals surface area contributed by atoms with E-state index in [0.29, 0.717) is 5.75 Å². The number of hydrogen-bond donors (Lipinski definition) is 3. The van der Waals surface area contributed by atoms with E-state index in [0.717, 1.165) is 16.0 Å². The molecule has 0 atom stereocenters. The predicted octanol–water partition coefficient (Wildman–Crippen LogP) is 2.22. The molecule has 1 amide bonds. The van der Waals surface area contributed by atoms with Crippen molar-refractivity contribution in [2.75, 3.05) is 0 Å². The van der Waals surface area contributed by atoms with Crippen LogP contribution in [0.4, 0.5) is 0 Å². The highest BCUT2D eigenvalue weighted by atomic mass is 32.2. The number of hydrogen-bond acceptors (Lipinski definition) is 4. The van der Waals surface area contributed by atoms with Crippen LogP contribution in [0.3, 0.4) is 0 Å². The van der Waals surface area contributed by atoms with Crippen LogP contribution in [-0.2, 0) is 17.0 Å². The maximum Gasteiger partial charge on any atom is 0.238 e. The maximum absolute atomic E-state index is 11.4. The van der Waals surface area contributed by atoms with E-state index in [2.05, 4.69) is 5.43 Å². The smallest absolute Gasteiger partial charge is 0.238 e. The fourth-order valence-electron chi connectivity index (χ4n) is 1.83. The van der Waals surface area contributed by atoms with Crippen LogP contribution in [0.15, 0.2) is 53.4 Å². The number of rotatable bonds is 5. The lowest BCUT2D eigenvalue weighted by molar-refractivity contribution is -0.120. The normalized spacial score (nSPS) is 10.2.